The molecular weight excluding hydrogens is 308 g/mol. The average Bonchev–Trinajstić information content (AvgIpc) is 2.74. The van der Waals surface area contributed by atoms with Gasteiger partial charge in [-0.2, -0.15) is 0 Å². The molecule has 0 saturated carbocycles. The third-order valence-corrected chi connectivity index (χ3v) is 4.58. The predicted molar refractivity (Wildman–Crippen MR) is 92.1 cm³/mol. The van der Waals surface area contributed by atoms with E-state index in [9.17, 15) is 14.4 Å². The van der Waals surface area contributed by atoms with E-state index in [2.05, 4.69) is 5.32 Å². The van der Waals surface area contributed by atoms with E-state index in [4.69, 9.17) is 5.11 Å². The number of carbonyl (C=O) groups excluding carboxylic acids is 3. The van der Waals surface area contributed by atoms with Crippen molar-refractivity contribution < 1.29 is 19.5 Å². The van der Waals surface area contributed by atoms with Crippen LogP contribution in [0.1, 0.15) is 66.2 Å². The Hall–Kier alpha value is -1.43. The fourth-order valence-corrected chi connectivity index (χ4v) is 2.98. The molecule has 0 radical (unpaired) electrons. The first-order chi connectivity index (χ1) is 11.2. The third-order valence-electron chi connectivity index (χ3n) is 4.58. The van der Waals surface area contributed by atoms with Gasteiger partial charge >= 0.3 is 0 Å². The van der Waals surface area contributed by atoms with Gasteiger partial charge in [0.15, 0.2) is 0 Å². The summed E-state index contributed by atoms with van der Waals surface area (Å²) in [6, 6.07) is 0. The first-order valence-corrected chi connectivity index (χ1v) is 8.94. The lowest BCUT2D eigenvalue weighted by Gasteiger charge is -2.25. The molecule has 1 fully saturated rings. The minimum absolute atomic E-state index is 0.0263. The number of rotatable bonds is 10. The van der Waals surface area contributed by atoms with Crippen LogP contribution in [0.5, 0.6) is 0 Å². The largest absolute Gasteiger partial charge is 0.396 e. The second-order valence-corrected chi connectivity index (χ2v) is 7.65. The Balaban J connectivity index is 2.24. The summed E-state index contributed by atoms with van der Waals surface area (Å²) in [5, 5.41) is 11.9. The summed E-state index contributed by atoms with van der Waals surface area (Å²) < 4.78 is 0. The van der Waals surface area contributed by atoms with Gasteiger partial charge in [0.2, 0.25) is 17.7 Å². The molecule has 0 aromatic carbocycles. The summed E-state index contributed by atoms with van der Waals surface area (Å²) in [5.74, 6) is -0.114. The smallest absolute Gasteiger partial charge is 0.233 e. The van der Waals surface area contributed by atoms with Gasteiger partial charge < -0.3 is 10.4 Å². The van der Waals surface area contributed by atoms with Crippen LogP contribution in [0.15, 0.2) is 0 Å². The number of unbranched alkanes of at least 4 members (excludes halogenated alkanes) is 2. The van der Waals surface area contributed by atoms with Crippen LogP contribution in [0.4, 0.5) is 0 Å². The van der Waals surface area contributed by atoms with Crippen molar-refractivity contribution >= 4 is 17.7 Å². The molecule has 3 amide bonds. The van der Waals surface area contributed by atoms with Gasteiger partial charge in [0.05, 0.1) is 0 Å². The topological polar surface area (TPSA) is 86.7 Å². The van der Waals surface area contributed by atoms with Gasteiger partial charge in [-0.1, -0.05) is 20.3 Å². The quantitative estimate of drug-likeness (QED) is 0.469. The molecule has 6 heteroatoms. The highest BCUT2D eigenvalue weighted by Gasteiger charge is 2.39. The monoisotopic (exact) mass is 340 g/mol. The Kier molecular flexibility index (Phi) is 7.87. The van der Waals surface area contributed by atoms with E-state index in [0.29, 0.717) is 25.8 Å². The molecule has 1 aliphatic rings. The average molecular weight is 340 g/mol. The number of hydrogen-bond acceptors (Lipinski definition) is 4. The zero-order valence-electron chi connectivity index (χ0n) is 15.4. The second kappa shape index (κ2) is 9.16. The molecule has 6 nitrogen and oxygen atoms in total. The number of likely N-dealkylation sites (tertiary alicyclic amines) is 1. The van der Waals surface area contributed by atoms with Crippen LogP contribution >= 0.6 is 0 Å². The second-order valence-electron chi connectivity index (χ2n) is 7.65. The molecule has 1 rings (SSSR count). The Morgan fingerprint density at radius 1 is 1.29 bits per heavy atom. The number of aliphatic hydroxyl groups excluding tert-OH is 1. The molecule has 0 aromatic rings. The maximum atomic E-state index is 12.2. The van der Waals surface area contributed by atoms with Crippen molar-refractivity contribution in [1.82, 2.24) is 10.2 Å². The molecule has 1 unspecified atom stereocenters. The Labute approximate surface area is 145 Å². The number of nitrogens with zero attached hydrogens (tertiary/aromatic N) is 1. The molecule has 138 valence electrons. The van der Waals surface area contributed by atoms with Gasteiger partial charge in [-0.25, -0.2) is 0 Å². The van der Waals surface area contributed by atoms with Crippen molar-refractivity contribution in [2.75, 3.05) is 13.2 Å². The molecule has 0 spiro atoms. The minimum Gasteiger partial charge on any atom is -0.396 e. The summed E-state index contributed by atoms with van der Waals surface area (Å²) >= 11 is 0. The summed E-state index contributed by atoms with van der Waals surface area (Å²) in [6.07, 6.45) is 3.54. The highest BCUT2D eigenvalue weighted by Crippen LogP contribution is 2.26. The minimum atomic E-state index is -0.397. The lowest BCUT2D eigenvalue weighted by atomic mass is 9.94. The van der Waals surface area contributed by atoms with Crippen molar-refractivity contribution in [1.29, 1.82) is 0 Å². The zero-order valence-corrected chi connectivity index (χ0v) is 15.4. The van der Waals surface area contributed by atoms with E-state index < -0.39 is 5.54 Å². The third kappa shape index (κ3) is 6.23. The van der Waals surface area contributed by atoms with E-state index in [0.717, 1.165) is 19.3 Å². The molecular formula is C18H32N2O4. The van der Waals surface area contributed by atoms with Crippen LogP contribution in [-0.4, -0.2) is 46.4 Å². The van der Waals surface area contributed by atoms with Gasteiger partial charge in [-0.05, 0) is 39.0 Å². The normalized spacial score (nSPS) is 18.6. The van der Waals surface area contributed by atoms with Crippen LogP contribution in [0, 0.1) is 11.8 Å². The zero-order chi connectivity index (χ0) is 18.3. The summed E-state index contributed by atoms with van der Waals surface area (Å²) in [4.78, 5) is 37.3. The Morgan fingerprint density at radius 3 is 2.50 bits per heavy atom. The molecule has 0 bridgehead atoms. The molecule has 24 heavy (non-hydrogen) atoms. The van der Waals surface area contributed by atoms with Gasteiger partial charge in [0, 0.05) is 37.5 Å². The Morgan fingerprint density at radius 2 is 1.96 bits per heavy atom. The summed E-state index contributed by atoms with van der Waals surface area (Å²) in [7, 11) is 0. The predicted octanol–water partition coefficient (Wildman–Crippen LogP) is 1.86. The van der Waals surface area contributed by atoms with Crippen molar-refractivity contribution in [2.45, 2.75) is 71.8 Å². The van der Waals surface area contributed by atoms with Crippen LogP contribution in [-0.2, 0) is 14.4 Å². The van der Waals surface area contributed by atoms with Crippen LogP contribution in [0.2, 0.25) is 0 Å². The lowest BCUT2D eigenvalue weighted by molar-refractivity contribution is -0.139. The van der Waals surface area contributed by atoms with Crippen LogP contribution in [0.25, 0.3) is 0 Å². The maximum absolute atomic E-state index is 12.2. The van der Waals surface area contributed by atoms with Gasteiger partial charge in [-0.3, -0.25) is 19.3 Å². The molecule has 1 aliphatic heterocycles. The number of imide groups is 1. The van der Waals surface area contributed by atoms with E-state index in [1.165, 1.54) is 4.90 Å². The highest BCUT2D eigenvalue weighted by molar-refractivity contribution is 6.03. The molecule has 1 saturated heterocycles. The van der Waals surface area contributed by atoms with Gasteiger partial charge in [0.1, 0.15) is 0 Å². The van der Waals surface area contributed by atoms with E-state index in [1.807, 2.05) is 27.7 Å². The standard InChI is InChI=1S/C18H32N2O4/c1-13(2)14-12-16(23)20(17(14)24)10-7-5-6-8-15(22)19-18(3,4)9-11-21/h13-14,21H,5-12H2,1-4H3,(H,19,22). The molecule has 1 atom stereocenters. The van der Waals surface area contributed by atoms with E-state index >= 15 is 0 Å². The number of carbonyl (C=O) groups is 3. The summed E-state index contributed by atoms with van der Waals surface area (Å²) in [5.41, 5.74) is -0.397. The lowest BCUT2D eigenvalue weighted by Crippen LogP contribution is -2.43. The molecule has 0 aromatic heterocycles. The van der Waals surface area contributed by atoms with Crippen LogP contribution in [0.3, 0.4) is 0 Å². The Bertz CT molecular complexity index is 460. The SMILES string of the molecule is CC(C)C1CC(=O)N(CCCCCC(=O)NC(C)(C)CCO)C1=O. The van der Waals surface area contributed by atoms with Crippen molar-refractivity contribution in [3.8, 4) is 0 Å². The first-order valence-electron chi connectivity index (χ1n) is 8.94. The molecule has 2 N–H and O–H groups in total. The fraction of sp³-hybridized carbons (Fsp3) is 0.833. The fourth-order valence-electron chi connectivity index (χ4n) is 2.98. The van der Waals surface area contributed by atoms with Gasteiger partial charge in [-0.15, -0.1) is 0 Å². The van der Waals surface area contributed by atoms with Crippen molar-refractivity contribution in [2.24, 2.45) is 11.8 Å². The highest BCUT2D eigenvalue weighted by atomic mass is 16.3. The maximum Gasteiger partial charge on any atom is 0.233 e. The molecule has 0 aliphatic carbocycles. The summed E-state index contributed by atoms with van der Waals surface area (Å²) in [6.45, 7) is 8.21. The van der Waals surface area contributed by atoms with Crippen molar-refractivity contribution in [3.05, 3.63) is 0 Å². The van der Waals surface area contributed by atoms with Gasteiger partial charge in [0.25, 0.3) is 0 Å². The van der Waals surface area contributed by atoms with E-state index in [-0.39, 0.29) is 36.2 Å². The number of nitrogens with one attached hydrogen (secondary N) is 1. The van der Waals surface area contributed by atoms with Crippen molar-refractivity contribution in [3.63, 3.8) is 0 Å². The number of amides is 3. The van der Waals surface area contributed by atoms with Crippen LogP contribution < -0.4 is 5.32 Å². The van der Waals surface area contributed by atoms with E-state index in [1.54, 1.807) is 0 Å². The molecule has 1 heterocycles. The number of aliphatic hydroxyl groups is 1. The number of hydrogen-bond donors (Lipinski definition) is 2. The first kappa shape index (κ1) is 20.6.